The third-order valence-electron chi connectivity index (χ3n) is 2.30. The van der Waals surface area contributed by atoms with Gasteiger partial charge in [0.2, 0.25) is 5.76 Å². The van der Waals surface area contributed by atoms with E-state index >= 15 is 0 Å². The summed E-state index contributed by atoms with van der Waals surface area (Å²) in [5, 5.41) is 17.6. The van der Waals surface area contributed by atoms with Gasteiger partial charge in [-0.3, -0.25) is 0 Å². The predicted octanol–water partition coefficient (Wildman–Crippen LogP) is 2.97. The van der Waals surface area contributed by atoms with E-state index in [1.54, 1.807) is 12.1 Å². The molecule has 0 saturated carbocycles. The lowest BCUT2D eigenvalue weighted by atomic mass is 9.87. The summed E-state index contributed by atoms with van der Waals surface area (Å²) >= 11 is 0. The van der Waals surface area contributed by atoms with Crippen molar-refractivity contribution in [2.45, 2.75) is 26.2 Å². The highest BCUT2D eigenvalue weighted by atomic mass is 16.4. The second-order valence-electron chi connectivity index (χ2n) is 4.71. The SMILES string of the molecule is CC(C)(C)c1ccc(/C=C(\O)C(=O)O)cc1. The van der Waals surface area contributed by atoms with Crippen LogP contribution in [-0.4, -0.2) is 16.2 Å². The molecule has 0 aliphatic rings. The predicted molar refractivity (Wildman–Crippen MR) is 63.4 cm³/mol. The first-order valence-electron chi connectivity index (χ1n) is 5.05. The van der Waals surface area contributed by atoms with Crippen LogP contribution in [0.25, 0.3) is 6.08 Å². The van der Waals surface area contributed by atoms with Crippen molar-refractivity contribution in [3.8, 4) is 0 Å². The minimum atomic E-state index is -1.32. The molecule has 0 bridgehead atoms. The smallest absolute Gasteiger partial charge is 0.370 e. The van der Waals surface area contributed by atoms with Crippen LogP contribution in [0.3, 0.4) is 0 Å². The molecule has 0 heterocycles. The molecule has 1 aromatic rings. The molecule has 0 fully saturated rings. The largest absolute Gasteiger partial charge is 0.502 e. The molecule has 1 aromatic carbocycles. The number of rotatable bonds is 2. The Balaban J connectivity index is 2.97. The fourth-order valence-electron chi connectivity index (χ4n) is 1.30. The summed E-state index contributed by atoms with van der Waals surface area (Å²) in [4.78, 5) is 10.4. The number of carboxylic acids is 1. The molecule has 3 nitrogen and oxygen atoms in total. The molecule has 0 radical (unpaired) electrons. The van der Waals surface area contributed by atoms with Gasteiger partial charge >= 0.3 is 5.97 Å². The van der Waals surface area contributed by atoms with Crippen LogP contribution in [0, 0.1) is 0 Å². The molecule has 0 amide bonds. The van der Waals surface area contributed by atoms with Crippen LogP contribution < -0.4 is 0 Å². The minimum Gasteiger partial charge on any atom is -0.502 e. The number of aliphatic carboxylic acids is 1. The lowest BCUT2D eigenvalue weighted by Crippen LogP contribution is -2.10. The van der Waals surface area contributed by atoms with Crippen molar-refractivity contribution in [2.24, 2.45) is 0 Å². The van der Waals surface area contributed by atoms with Crippen molar-refractivity contribution in [3.63, 3.8) is 0 Å². The standard InChI is InChI=1S/C13H16O3/c1-13(2,3)10-6-4-9(5-7-10)8-11(14)12(15)16/h4-8,14H,1-3H3,(H,15,16)/b11-8-. The maximum absolute atomic E-state index is 10.4. The van der Waals surface area contributed by atoms with Crippen molar-refractivity contribution in [2.75, 3.05) is 0 Å². The highest BCUT2D eigenvalue weighted by Gasteiger charge is 2.12. The van der Waals surface area contributed by atoms with Gasteiger partial charge in [-0.25, -0.2) is 4.79 Å². The normalized spacial score (nSPS) is 12.6. The summed E-state index contributed by atoms with van der Waals surface area (Å²) in [7, 11) is 0. The molecule has 0 saturated heterocycles. The molecule has 3 heteroatoms. The number of hydrogen-bond donors (Lipinski definition) is 2. The van der Waals surface area contributed by atoms with Crippen molar-refractivity contribution in [1.82, 2.24) is 0 Å². The molecule has 0 unspecified atom stereocenters. The van der Waals surface area contributed by atoms with Gasteiger partial charge in [0.1, 0.15) is 0 Å². The van der Waals surface area contributed by atoms with Gasteiger partial charge in [-0.05, 0) is 22.6 Å². The highest BCUT2D eigenvalue weighted by Crippen LogP contribution is 2.22. The number of benzene rings is 1. The molecule has 1 rings (SSSR count). The molecule has 0 aromatic heterocycles. The zero-order chi connectivity index (χ0) is 12.3. The van der Waals surface area contributed by atoms with Gasteiger partial charge in [-0.15, -0.1) is 0 Å². The first-order chi connectivity index (χ1) is 7.30. The minimum absolute atomic E-state index is 0.0666. The van der Waals surface area contributed by atoms with Crippen LogP contribution in [0.15, 0.2) is 30.0 Å². The molecular formula is C13H16O3. The Morgan fingerprint density at radius 2 is 1.62 bits per heavy atom. The van der Waals surface area contributed by atoms with Gasteiger partial charge in [0.25, 0.3) is 0 Å². The highest BCUT2D eigenvalue weighted by molar-refractivity contribution is 5.89. The monoisotopic (exact) mass is 220 g/mol. The van der Waals surface area contributed by atoms with Gasteiger partial charge in [-0.2, -0.15) is 0 Å². The van der Waals surface area contributed by atoms with Crippen LogP contribution in [0.4, 0.5) is 0 Å². The molecule has 0 aliphatic heterocycles. The van der Waals surface area contributed by atoms with Crippen molar-refractivity contribution >= 4 is 12.0 Å². The third-order valence-corrected chi connectivity index (χ3v) is 2.30. The maximum atomic E-state index is 10.4. The van der Waals surface area contributed by atoms with E-state index in [1.165, 1.54) is 11.6 Å². The third kappa shape index (κ3) is 3.12. The molecule has 0 aliphatic carbocycles. The summed E-state index contributed by atoms with van der Waals surface area (Å²) < 4.78 is 0. The van der Waals surface area contributed by atoms with Crippen LogP contribution in [-0.2, 0) is 10.2 Å². The van der Waals surface area contributed by atoms with E-state index < -0.39 is 11.7 Å². The van der Waals surface area contributed by atoms with E-state index in [1.807, 2.05) is 12.1 Å². The maximum Gasteiger partial charge on any atom is 0.370 e. The van der Waals surface area contributed by atoms with E-state index in [-0.39, 0.29) is 5.41 Å². The summed E-state index contributed by atoms with van der Waals surface area (Å²) in [5.74, 6) is -1.97. The van der Waals surface area contributed by atoms with E-state index in [9.17, 15) is 4.79 Å². The van der Waals surface area contributed by atoms with Gasteiger partial charge in [-0.1, -0.05) is 45.0 Å². The summed E-state index contributed by atoms with van der Waals surface area (Å²) in [6.45, 7) is 6.31. The Kier molecular flexibility index (Phi) is 3.38. The summed E-state index contributed by atoms with van der Waals surface area (Å²) in [6.07, 6.45) is 1.23. The zero-order valence-electron chi connectivity index (χ0n) is 9.69. The Morgan fingerprint density at radius 1 is 1.12 bits per heavy atom. The number of carbonyl (C=O) groups is 1. The quantitative estimate of drug-likeness (QED) is 0.595. The number of aliphatic hydroxyl groups excluding tert-OH is 1. The van der Waals surface area contributed by atoms with Crippen molar-refractivity contribution in [1.29, 1.82) is 0 Å². The molecule has 86 valence electrons. The van der Waals surface area contributed by atoms with Crippen molar-refractivity contribution < 1.29 is 15.0 Å². The molecular weight excluding hydrogens is 204 g/mol. The summed E-state index contributed by atoms with van der Waals surface area (Å²) in [5.41, 5.74) is 1.91. The van der Waals surface area contributed by atoms with Gasteiger partial charge < -0.3 is 10.2 Å². The van der Waals surface area contributed by atoms with Crippen molar-refractivity contribution in [3.05, 3.63) is 41.2 Å². The molecule has 0 spiro atoms. The average Bonchev–Trinajstić information content (AvgIpc) is 2.17. The van der Waals surface area contributed by atoms with Gasteiger partial charge in [0.05, 0.1) is 0 Å². The number of aliphatic hydroxyl groups is 1. The van der Waals surface area contributed by atoms with Crippen LogP contribution in [0.1, 0.15) is 31.9 Å². The zero-order valence-corrected chi connectivity index (χ0v) is 9.69. The van der Waals surface area contributed by atoms with E-state index in [4.69, 9.17) is 10.2 Å². The Bertz CT molecular complexity index is 408. The topological polar surface area (TPSA) is 57.5 Å². The molecule has 0 atom stereocenters. The van der Waals surface area contributed by atoms with Crippen LogP contribution in [0.5, 0.6) is 0 Å². The van der Waals surface area contributed by atoms with E-state index in [0.29, 0.717) is 5.56 Å². The lowest BCUT2D eigenvalue weighted by Gasteiger charge is -2.18. The van der Waals surface area contributed by atoms with Crippen LogP contribution >= 0.6 is 0 Å². The summed E-state index contributed by atoms with van der Waals surface area (Å²) in [6, 6.07) is 7.45. The Hall–Kier alpha value is -1.77. The number of carboxylic acid groups (broad SMARTS) is 1. The van der Waals surface area contributed by atoms with Crippen LogP contribution in [0.2, 0.25) is 0 Å². The van der Waals surface area contributed by atoms with E-state index in [2.05, 4.69) is 20.8 Å². The fourth-order valence-corrected chi connectivity index (χ4v) is 1.30. The van der Waals surface area contributed by atoms with Gasteiger partial charge in [0.15, 0.2) is 0 Å². The van der Waals surface area contributed by atoms with E-state index in [0.717, 1.165) is 0 Å². The first-order valence-corrected chi connectivity index (χ1v) is 5.05. The second-order valence-corrected chi connectivity index (χ2v) is 4.71. The Morgan fingerprint density at radius 3 is 2.00 bits per heavy atom. The Labute approximate surface area is 95.0 Å². The average molecular weight is 220 g/mol. The number of hydrogen-bond acceptors (Lipinski definition) is 2. The second kappa shape index (κ2) is 4.39. The van der Waals surface area contributed by atoms with Gasteiger partial charge in [0, 0.05) is 0 Å². The fraction of sp³-hybridized carbons (Fsp3) is 0.308. The lowest BCUT2D eigenvalue weighted by molar-refractivity contribution is -0.135. The molecule has 16 heavy (non-hydrogen) atoms. The molecule has 2 N–H and O–H groups in total. The first kappa shape index (κ1) is 12.3.